The van der Waals surface area contributed by atoms with Gasteiger partial charge in [0.05, 0.1) is 6.54 Å². The van der Waals surface area contributed by atoms with Gasteiger partial charge in [-0.2, -0.15) is 0 Å². The van der Waals surface area contributed by atoms with Crippen LogP contribution in [0.3, 0.4) is 0 Å². The number of rotatable bonds is 7. The molecule has 0 saturated heterocycles. The van der Waals surface area contributed by atoms with Crippen molar-refractivity contribution < 1.29 is 18.7 Å². The van der Waals surface area contributed by atoms with E-state index in [9.17, 15) is 9.18 Å². The van der Waals surface area contributed by atoms with Crippen molar-refractivity contribution in [3.05, 3.63) is 72.5 Å². The summed E-state index contributed by atoms with van der Waals surface area (Å²) in [6.45, 7) is 2.36. The first-order valence-electron chi connectivity index (χ1n) is 8.43. The first kappa shape index (κ1) is 17.7. The standard InChI is InChI=1S/C21H20FNO3/c1-15(26-19-10-7-18(22)8-11-19)21(24)23-12-13-25-20-9-6-16-4-2-3-5-17(16)14-20/h2-11,14-15H,12-13H2,1H3,(H,23,24)/t15-/m0/s1. The Labute approximate surface area is 151 Å². The number of ether oxygens (including phenoxy) is 2. The second-order valence-electron chi connectivity index (χ2n) is 5.86. The molecule has 3 rings (SSSR count). The van der Waals surface area contributed by atoms with E-state index in [1.54, 1.807) is 6.92 Å². The van der Waals surface area contributed by atoms with E-state index in [4.69, 9.17) is 9.47 Å². The highest BCUT2D eigenvalue weighted by molar-refractivity contribution is 5.83. The van der Waals surface area contributed by atoms with Gasteiger partial charge in [0.1, 0.15) is 23.9 Å². The van der Waals surface area contributed by atoms with Crippen LogP contribution < -0.4 is 14.8 Å². The van der Waals surface area contributed by atoms with Crippen molar-refractivity contribution in [3.63, 3.8) is 0 Å². The molecule has 26 heavy (non-hydrogen) atoms. The third kappa shape index (κ3) is 4.72. The maximum Gasteiger partial charge on any atom is 0.260 e. The zero-order valence-corrected chi connectivity index (χ0v) is 14.4. The molecule has 3 aromatic rings. The average Bonchev–Trinajstić information content (AvgIpc) is 2.66. The van der Waals surface area contributed by atoms with Crippen molar-refractivity contribution >= 4 is 16.7 Å². The topological polar surface area (TPSA) is 47.6 Å². The van der Waals surface area contributed by atoms with Crippen LogP contribution in [0, 0.1) is 5.82 Å². The third-order valence-corrected chi connectivity index (χ3v) is 3.89. The molecule has 5 heteroatoms. The minimum atomic E-state index is -0.680. The SMILES string of the molecule is C[C@H](Oc1ccc(F)cc1)C(=O)NCCOc1ccc2ccccc2c1. The molecule has 0 aliphatic carbocycles. The number of amides is 1. The molecule has 0 saturated carbocycles. The summed E-state index contributed by atoms with van der Waals surface area (Å²) < 4.78 is 24.0. The number of benzene rings is 3. The lowest BCUT2D eigenvalue weighted by Gasteiger charge is -2.15. The number of carbonyl (C=O) groups excluding carboxylic acids is 1. The van der Waals surface area contributed by atoms with Gasteiger partial charge in [-0.1, -0.05) is 30.3 Å². The summed E-state index contributed by atoms with van der Waals surface area (Å²) in [5.41, 5.74) is 0. The summed E-state index contributed by atoms with van der Waals surface area (Å²) in [7, 11) is 0. The van der Waals surface area contributed by atoms with Crippen LogP contribution in [0.5, 0.6) is 11.5 Å². The van der Waals surface area contributed by atoms with Crippen LogP contribution in [0.2, 0.25) is 0 Å². The van der Waals surface area contributed by atoms with Crippen LogP contribution in [-0.2, 0) is 4.79 Å². The van der Waals surface area contributed by atoms with E-state index in [-0.39, 0.29) is 11.7 Å². The molecule has 0 heterocycles. The van der Waals surface area contributed by atoms with Crippen LogP contribution in [-0.4, -0.2) is 25.2 Å². The lowest BCUT2D eigenvalue weighted by Crippen LogP contribution is -2.38. The minimum Gasteiger partial charge on any atom is -0.492 e. The van der Waals surface area contributed by atoms with Crippen molar-refractivity contribution in [2.24, 2.45) is 0 Å². The molecular formula is C21H20FNO3. The van der Waals surface area contributed by atoms with Gasteiger partial charge in [-0.05, 0) is 54.1 Å². The Kier molecular flexibility index (Phi) is 5.69. The van der Waals surface area contributed by atoms with Gasteiger partial charge in [-0.15, -0.1) is 0 Å². The molecule has 1 amide bonds. The van der Waals surface area contributed by atoms with Gasteiger partial charge >= 0.3 is 0 Å². The summed E-state index contributed by atoms with van der Waals surface area (Å²) in [4.78, 5) is 12.0. The smallest absolute Gasteiger partial charge is 0.260 e. The summed E-state index contributed by atoms with van der Waals surface area (Å²) in [5.74, 6) is 0.603. The molecule has 0 aromatic heterocycles. The molecule has 134 valence electrons. The van der Waals surface area contributed by atoms with Crippen molar-refractivity contribution in [1.82, 2.24) is 5.32 Å². The van der Waals surface area contributed by atoms with Gasteiger partial charge in [-0.3, -0.25) is 4.79 Å². The van der Waals surface area contributed by atoms with Gasteiger partial charge in [0, 0.05) is 0 Å². The molecular weight excluding hydrogens is 333 g/mol. The van der Waals surface area contributed by atoms with E-state index in [0.29, 0.717) is 18.9 Å². The van der Waals surface area contributed by atoms with Gasteiger partial charge in [0.25, 0.3) is 5.91 Å². The molecule has 3 aromatic carbocycles. The second-order valence-corrected chi connectivity index (χ2v) is 5.86. The van der Waals surface area contributed by atoms with E-state index in [1.807, 2.05) is 42.5 Å². The molecule has 4 nitrogen and oxygen atoms in total. The van der Waals surface area contributed by atoms with Crippen LogP contribution in [0.15, 0.2) is 66.7 Å². The molecule has 1 N–H and O–H groups in total. The fourth-order valence-electron chi connectivity index (χ4n) is 2.51. The largest absolute Gasteiger partial charge is 0.492 e. The lowest BCUT2D eigenvalue weighted by atomic mass is 10.1. The lowest BCUT2D eigenvalue weighted by molar-refractivity contribution is -0.127. The fourth-order valence-corrected chi connectivity index (χ4v) is 2.51. The number of hydrogen-bond acceptors (Lipinski definition) is 3. The summed E-state index contributed by atoms with van der Waals surface area (Å²) >= 11 is 0. The monoisotopic (exact) mass is 353 g/mol. The normalized spacial score (nSPS) is 11.8. The van der Waals surface area contributed by atoms with Crippen molar-refractivity contribution in [2.75, 3.05) is 13.2 Å². The van der Waals surface area contributed by atoms with Crippen LogP contribution >= 0.6 is 0 Å². The van der Waals surface area contributed by atoms with E-state index in [0.717, 1.165) is 16.5 Å². The van der Waals surface area contributed by atoms with Crippen molar-refractivity contribution in [3.8, 4) is 11.5 Å². The minimum absolute atomic E-state index is 0.253. The first-order chi connectivity index (χ1) is 12.6. The highest BCUT2D eigenvalue weighted by atomic mass is 19.1. The highest BCUT2D eigenvalue weighted by Gasteiger charge is 2.14. The predicted molar refractivity (Wildman–Crippen MR) is 98.9 cm³/mol. The maximum atomic E-state index is 12.9. The molecule has 0 aliphatic heterocycles. The zero-order valence-electron chi connectivity index (χ0n) is 14.4. The van der Waals surface area contributed by atoms with Gasteiger partial charge in [-0.25, -0.2) is 4.39 Å². The molecule has 0 spiro atoms. The second kappa shape index (κ2) is 8.34. The predicted octanol–water partition coefficient (Wildman–Crippen LogP) is 3.94. The van der Waals surface area contributed by atoms with Crippen LogP contribution in [0.1, 0.15) is 6.92 Å². The summed E-state index contributed by atoms with van der Waals surface area (Å²) in [5, 5.41) is 5.02. The quantitative estimate of drug-likeness (QED) is 0.655. The summed E-state index contributed by atoms with van der Waals surface area (Å²) in [6, 6.07) is 19.5. The summed E-state index contributed by atoms with van der Waals surface area (Å²) in [6.07, 6.45) is -0.680. The number of carbonyl (C=O) groups is 1. The number of nitrogens with one attached hydrogen (secondary N) is 1. The van der Waals surface area contributed by atoms with Gasteiger partial charge in [0.2, 0.25) is 0 Å². The Morgan fingerprint density at radius 1 is 1.00 bits per heavy atom. The number of hydrogen-bond donors (Lipinski definition) is 1. The Morgan fingerprint density at radius 2 is 1.69 bits per heavy atom. The molecule has 0 aliphatic rings. The van der Waals surface area contributed by atoms with Crippen LogP contribution in [0.25, 0.3) is 10.8 Å². The van der Waals surface area contributed by atoms with Gasteiger partial charge < -0.3 is 14.8 Å². The van der Waals surface area contributed by atoms with E-state index >= 15 is 0 Å². The molecule has 0 unspecified atom stereocenters. The number of fused-ring (bicyclic) bond motifs is 1. The fraction of sp³-hybridized carbons (Fsp3) is 0.190. The average molecular weight is 353 g/mol. The van der Waals surface area contributed by atoms with Crippen molar-refractivity contribution in [1.29, 1.82) is 0 Å². The van der Waals surface area contributed by atoms with E-state index in [1.165, 1.54) is 24.3 Å². The molecule has 1 atom stereocenters. The van der Waals surface area contributed by atoms with E-state index in [2.05, 4.69) is 5.32 Å². The number of halogens is 1. The first-order valence-corrected chi connectivity index (χ1v) is 8.43. The Morgan fingerprint density at radius 3 is 2.46 bits per heavy atom. The Bertz CT molecular complexity index is 880. The molecule has 0 radical (unpaired) electrons. The Balaban J connectivity index is 1.43. The Hall–Kier alpha value is -3.08. The van der Waals surface area contributed by atoms with Gasteiger partial charge in [0.15, 0.2) is 6.10 Å². The molecule has 0 fully saturated rings. The van der Waals surface area contributed by atoms with E-state index < -0.39 is 6.10 Å². The third-order valence-electron chi connectivity index (χ3n) is 3.89. The highest BCUT2D eigenvalue weighted by Crippen LogP contribution is 2.20. The van der Waals surface area contributed by atoms with Crippen molar-refractivity contribution in [2.45, 2.75) is 13.0 Å². The zero-order chi connectivity index (χ0) is 18.4. The molecule has 0 bridgehead atoms. The van der Waals surface area contributed by atoms with Crippen LogP contribution in [0.4, 0.5) is 4.39 Å². The maximum absolute atomic E-state index is 12.9.